The minimum Gasteiger partial charge on any atom is -0.356 e. The molecule has 0 unspecified atom stereocenters. The Bertz CT molecular complexity index is 713. The molecule has 2 N–H and O–H groups in total. The van der Waals surface area contributed by atoms with E-state index in [1.54, 1.807) is 0 Å². The van der Waals surface area contributed by atoms with Crippen molar-refractivity contribution < 1.29 is 0 Å². The average Bonchev–Trinajstić information content (AvgIpc) is 2.51. The molecule has 2 aromatic rings. The number of hydrogen-bond acceptors (Lipinski definition) is 1. The SMILES string of the molecule is CC[C@@H](NC(=S)Nc1ccc(C)c(Cl)c1)c1ccc(C)c(C)c1. The summed E-state index contributed by atoms with van der Waals surface area (Å²) in [5.41, 5.74) is 5.80. The van der Waals surface area contributed by atoms with Crippen LogP contribution in [0.3, 0.4) is 0 Å². The summed E-state index contributed by atoms with van der Waals surface area (Å²) in [5, 5.41) is 7.94. The summed E-state index contributed by atoms with van der Waals surface area (Å²) < 4.78 is 0. The summed E-state index contributed by atoms with van der Waals surface area (Å²) in [6, 6.07) is 12.6. The van der Waals surface area contributed by atoms with Crippen LogP contribution in [0.15, 0.2) is 36.4 Å². The third kappa shape index (κ3) is 4.69. The van der Waals surface area contributed by atoms with Gasteiger partial charge >= 0.3 is 0 Å². The van der Waals surface area contributed by atoms with Gasteiger partial charge in [0.1, 0.15) is 0 Å². The summed E-state index contributed by atoms with van der Waals surface area (Å²) in [6.07, 6.45) is 0.957. The second-order valence-electron chi connectivity index (χ2n) is 5.87. The first-order valence-corrected chi connectivity index (χ1v) is 8.60. The van der Waals surface area contributed by atoms with E-state index in [2.05, 4.69) is 49.6 Å². The van der Waals surface area contributed by atoms with Gasteiger partial charge in [0.05, 0.1) is 6.04 Å². The number of thiocarbonyl (C=S) groups is 1. The molecule has 122 valence electrons. The summed E-state index contributed by atoms with van der Waals surface area (Å²) in [6.45, 7) is 8.39. The highest BCUT2D eigenvalue weighted by Crippen LogP contribution is 2.22. The molecule has 0 spiro atoms. The van der Waals surface area contributed by atoms with Crippen molar-refractivity contribution in [2.45, 2.75) is 40.2 Å². The average molecular weight is 347 g/mol. The number of aryl methyl sites for hydroxylation is 3. The largest absolute Gasteiger partial charge is 0.356 e. The van der Waals surface area contributed by atoms with Crippen LogP contribution in [0.5, 0.6) is 0 Å². The number of hydrogen-bond donors (Lipinski definition) is 2. The van der Waals surface area contributed by atoms with Crippen LogP contribution < -0.4 is 10.6 Å². The molecule has 23 heavy (non-hydrogen) atoms. The van der Waals surface area contributed by atoms with Crippen LogP contribution in [0.1, 0.15) is 41.6 Å². The van der Waals surface area contributed by atoms with Gasteiger partial charge in [0.25, 0.3) is 0 Å². The summed E-state index contributed by atoms with van der Waals surface area (Å²) >= 11 is 11.6. The fourth-order valence-electron chi connectivity index (χ4n) is 2.40. The molecule has 2 nitrogen and oxygen atoms in total. The van der Waals surface area contributed by atoms with Gasteiger partial charge < -0.3 is 10.6 Å². The monoisotopic (exact) mass is 346 g/mol. The van der Waals surface area contributed by atoms with Crippen molar-refractivity contribution in [3.63, 3.8) is 0 Å². The number of nitrogens with one attached hydrogen (secondary N) is 2. The van der Waals surface area contributed by atoms with Gasteiger partial charge in [0, 0.05) is 10.7 Å². The molecule has 1 atom stereocenters. The molecule has 0 heterocycles. The molecular weight excluding hydrogens is 324 g/mol. The lowest BCUT2D eigenvalue weighted by Gasteiger charge is -2.21. The number of anilines is 1. The predicted molar refractivity (Wildman–Crippen MR) is 104 cm³/mol. The third-order valence-electron chi connectivity index (χ3n) is 4.08. The van der Waals surface area contributed by atoms with E-state index < -0.39 is 0 Å². The van der Waals surface area contributed by atoms with Crippen molar-refractivity contribution >= 4 is 34.6 Å². The maximum Gasteiger partial charge on any atom is 0.171 e. The van der Waals surface area contributed by atoms with Crippen molar-refractivity contribution in [3.05, 3.63) is 63.7 Å². The minimum atomic E-state index is 0.190. The van der Waals surface area contributed by atoms with Gasteiger partial charge in [-0.25, -0.2) is 0 Å². The van der Waals surface area contributed by atoms with Crippen LogP contribution in [-0.2, 0) is 0 Å². The maximum atomic E-state index is 6.15. The number of benzene rings is 2. The Kier molecular flexibility index (Phi) is 6.03. The van der Waals surface area contributed by atoms with E-state index in [0.717, 1.165) is 22.7 Å². The number of rotatable bonds is 4. The quantitative estimate of drug-likeness (QED) is 0.694. The molecule has 0 aliphatic carbocycles. The van der Waals surface area contributed by atoms with Crippen LogP contribution in [0.2, 0.25) is 5.02 Å². The molecule has 2 rings (SSSR count). The number of halogens is 1. The first-order valence-electron chi connectivity index (χ1n) is 7.81. The first kappa shape index (κ1) is 17.8. The maximum absolute atomic E-state index is 6.15. The summed E-state index contributed by atoms with van der Waals surface area (Å²) in [5.74, 6) is 0. The fourth-order valence-corrected chi connectivity index (χ4v) is 2.84. The van der Waals surface area contributed by atoms with Crippen molar-refractivity contribution in [2.24, 2.45) is 0 Å². The van der Waals surface area contributed by atoms with E-state index in [0.29, 0.717) is 5.11 Å². The van der Waals surface area contributed by atoms with Gasteiger partial charge in [-0.3, -0.25) is 0 Å². The molecule has 0 fully saturated rings. The molecule has 4 heteroatoms. The molecule has 0 saturated heterocycles. The van der Waals surface area contributed by atoms with Crippen molar-refractivity contribution in [3.8, 4) is 0 Å². The second kappa shape index (κ2) is 7.80. The minimum absolute atomic E-state index is 0.190. The third-order valence-corrected chi connectivity index (χ3v) is 4.70. The Balaban J connectivity index is 2.07. The second-order valence-corrected chi connectivity index (χ2v) is 6.68. The van der Waals surface area contributed by atoms with E-state index in [-0.39, 0.29) is 6.04 Å². The topological polar surface area (TPSA) is 24.1 Å². The highest BCUT2D eigenvalue weighted by Gasteiger charge is 2.11. The Labute approximate surface area is 149 Å². The standard InChI is InChI=1S/C19H23ClN2S/c1-5-18(15-8-6-12(2)14(4)10-15)22-19(23)21-16-9-7-13(3)17(20)11-16/h6-11,18H,5H2,1-4H3,(H2,21,22,23)/t18-/m1/s1. The van der Waals surface area contributed by atoms with E-state index in [1.807, 2.05) is 25.1 Å². The van der Waals surface area contributed by atoms with Gasteiger partial charge in [-0.2, -0.15) is 0 Å². The molecule has 0 saturated carbocycles. The molecule has 0 radical (unpaired) electrons. The van der Waals surface area contributed by atoms with E-state index >= 15 is 0 Å². The van der Waals surface area contributed by atoms with Gasteiger partial charge in [0.2, 0.25) is 0 Å². The van der Waals surface area contributed by atoms with Crippen LogP contribution in [0, 0.1) is 20.8 Å². The highest BCUT2D eigenvalue weighted by molar-refractivity contribution is 7.80. The summed E-state index contributed by atoms with van der Waals surface area (Å²) in [7, 11) is 0. The lowest BCUT2D eigenvalue weighted by molar-refractivity contribution is 0.628. The zero-order valence-electron chi connectivity index (χ0n) is 14.0. The van der Waals surface area contributed by atoms with Crippen molar-refractivity contribution in [1.82, 2.24) is 5.32 Å². The van der Waals surface area contributed by atoms with Gasteiger partial charge in [-0.05, 0) is 73.8 Å². The van der Waals surface area contributed by atoms with E-state index in [4.69, 9.17) is 23.8 Å². The zero-order chi connectivity index (χ0) is 17.0. The molecule has 0 aliphatic heterocycles. The predicted octanol–water partition coefficient (Wildman–Crippen LogP) is 5.70. The van der Waals surface area contributed by atoms with Crippen molar-refractivity contribution in [2.75, 3.05) is 5.32 Å². The van der Waals surface area contributed by atoms with Gasteiger partial charge in [0.15, 0.2) is 5.11 Å². The van der Waals surface area contributed by atoms with E-state index in [1.165, 1.54) is 16.7 Å². The molecule has 0 amide bonds. The first-order chi connectivity index (χ1) is 10.9. The lowest BCUT2D eigenvalue weighted by atomic mass is 9.99. The Hall–Kier alpha value is -1.58. The molecule has 0 aromatic heterocycles. The fraction of sp³-hybridized carbons (Fsp3) is 0.316. The molecule has 2 aromatic carbocycles. The van der Waals surface area contributed by atoms with Gasteiger partial charge in [-0.15, -0.1) is 0 Å². The normalized spacial score (nSPS) is 11.9. The van der Waals surface area contributed by atoms with Crippen LogP contribution in [0.4, 0.5) is 5.69 Å². The van der Waals surface area contributed by atoms with Gasteiger partial charge in [-0.1, -0.05) is 42.8 Å². The molecule has 0 bridgehead atoms. The van der Waals surface area contributed by atoms with E-state index in [9.17, 15) is 0 Å². The Morgan fingerprint density at radius 2 is 1.74 bits per heavy atom. The highest BCUT2D eigenvalue weighted by atomic mass is 35.5. The Morgan fingerprint density at radius 3 is 2.35 bits per heavy atom. The smallest absolute Gasteiger partial charge is 0.171 e. The molecular formula is C19H23ClN2S. The lowest BCUT2D eigenvalue weighted by Crippen LogP contribution is -2.32. The zero-order valence-corrected chi connectivity index (χ0v) is 15.6. The Morgan fingerprint density at radius 1 is 1.04 bits per heavy atom. The van der Waals surface area contributed by atoms with Crippen LogP contribution >= 0.6 is 23.8 Å². The van der Waals surface area contributed by atoms with Crippen LogP contribution in [-0.4, -0.2) is 5.11 Å². The summed E-state index contributed by atoms with van der Waals surface area (Å²) in [4.78, 5) is 0. The molecule has 0 aliphatic rings. The van der Waals surface area contributed by atoms with Crippen LogP contribution in [0.25, 0.3) is 0 Å². The van der Waals surface area contributed by atoms with Crippen molar-refractivity contribution in [1.29, 1.82) is 0 Å².